The van der Waals surface area contributed by atoms with Crippen LogP contribution in [0.3, 0.4) is 0 Å². The lowest BCUT2D eigenvalue weighted by atomic mass is 10.1. The Morgan fingerprint density at radius 1 is 1.20 bits per heavy atom. The number of amides is 1. The van der Waals surface area contributed by atoms with Gasteiger partial charge in [0.1, 0.15) is 11.5 Å². The summed E-state index contributed by atoms with van der Waals surface area (Å²) in [7, 11) is 1.52. The molecule has 0 heterocycles. The van der Waals surface area contributed by atoms with E-state index in [4.69, 9.17) is 9.47 Å². The predicted octanol–water partition coefficient (Wildman–Crippen LogP) is 3.33. The molecule has 2 rings (SSSR count). The van der Waals surface area contributed by atoms with E-state index in [-0.39, 0.29) is 18.6 Å². The highest BCUT2D eigenvalue weighted by molar-refractivity contribution is 5.81. The van der Waals surface area contributed by atoms with Crippen molar-refractivity contribution in [2.75, 3.05) is 13.7 Å². The molecule has 0 spiro atoms. The van der Waals surface area contributed by atoms with Gasteiger partial charge in [-0.25, -0.2) is 0 Å². The summed E-state index contributed by atoms with van der Waals surface area (Å²) < 4.78 is 10.5. The molecule has 0 unspecified atom stereocenters. The van der Waals surface area contributed by atoms with E-state index < -0.39 is 0 Å². The molecule has 2 aromatic carbocycles. The molecule has 0 bridgehead atoms. The number of methoxy groups -OCH3 is 1. The van der Waals surface area contributed by atoms with Crippen molar-refractivity contribution in [3.63, 3.8) is 0 Å². The maximum atomic E-state index is 12.1. The van der Waals surface area contributed by atoms with Gasteiger partial charge in [0.15, 0.2) is 12.9 Å². The molecule has 0 aromatic heterocycles. The fourth-order valence-electron chi connectivity index (χ4n) is 2.43. The van der Waals surface area contributed by atoms with Crippen molar-refractivity contribution in [3.8, 4) is 11.5 Å². The first-order valence-electron chi connectivity index (χ1n) is 8.21. The molecule has 132 valence electrons. The number of hydrogen-bond donors (Lipinski definition) is 1. The average Bonchev–Trinajstić information content (AvgIpc) is 2.66. The highest BCUT2D eigenvalue weighted by Crippen LogP contribution is 2.22. The second-order valence-corrected chi connectivity index (χ2v) is 5.69. The molecule has 5 heteroatoms. The zero-order chi connectivity index (χ0) is 18.2. The van der Waals surface area contributed by atoms with Crippen molar-refractivity contribution in [2.24, 2.45) is 0 Å². The molecule has 0 fully saturated rings. The molecule has 0 aliphatic heterocycles. The topological polar surface area (TPSA) is 64.6 Å². The number of rotatable bonds is 8. The Kier molecular flexibility index (Phi) is 6.57. The normalized spacial score (nSPS) is 11.5. The Balaban J connectivity index is 1.92. The monoisotopic (exact) mass is 341 g/mol. The number of aryl methyl sites for hydroxylation is 1. The molecule has 2 aromatic rings. The van der Waals surface area contributed by atoms with Gasteiger partial charge in [0.2, 0.25) is 0 Å². The third-order valence-electron chi connectivity index (χ3n) is 3.97. The lowest BCUT2D eigenvalue weighted by molar-refractivity contribution is -0.123. The number of benzene rings is 2. The number of aldehydes is 1. The van der Waals surface area contributed by atoms with Crippen molar-refractivity contribution in [1.82, 2.24) is 5.32 Å². The van der Waals surface area contributed by atoms with Crippen molar-refractivity contribution in [2.45, 2.75) is 26.3 Å². The van der Waals surface area contributed by atoms with Gasteiger partial charge in [-0.3, -0.25) is 9.59 Å². The molecule has 1 amide bonds. The lowest BCUT2D eigenvalue weighted by Crippen LogP contribution is -2.31. The Hall–Kier alpha value is -2.82. The van der Waals surface area contributed by atoms with Crippen LogP contribution in [-0.4, -0.2) is 25.9 Å². The van der Waals surface area contributed by atoms with E-state index in [2.05, 4.69) is 24.4 Å². The molecular weight excluding hydrogens is 318 g/mol. The first-order valence-corrected chi connectivity index (χ1v) is 8.21. The van der Waals surface area contributed by atoms with Crippen LogP contribution in [-0.2, 0) is 11.2 Å². The van der Waals surface area contributed by atoms with E-state index in [1.807, 2.05) is 19.1 Å². The minimum absolute atomic E-state index is 0.122. The molecule has 1 N–H and O–H groups in total. The summed E-state index contributed by atoms with van der Waals surface area (Å²) >= 11 is 0. The number of ether oxygens (including phenoxy) is 2. The number of hydrogen-bond acceptors (Lipinski definition) is 4. The van der Waals surface area contributed by atoms with Gasteiger partial charge in [-0.2, -0.15) is 0 Å². The minimum Gasteiger partial charge on any atom is -0.497 e. The maximum absolute atomic E-state index is 12.1. The fraction of sp³-hybridized carbons (Fsp3) is 0.300. The van der Waals surface area contributed by atoms with E-state index in [0.29, 0.717) is 23.3 Å². The molecule has 5 nitrogen and oxygen atoms in total. The Bertz CT molecular complexity index is 725. The number of carbonyl (C=O) groups is 2. The van der Waals surface area contributed by atoms with E-state index >= 15 is 0 Å². The second-order valence-electron chi connectivity index (χ2n) is 5.69. The zero-order valence-corrected chi connectivity index (χ0v) is 14.7. The van der Waals surface area contributed by atoms with Gasteiger partial charge in [-0.15, -0.1) is 0 Å². The largest absolute Gasteiger partial charge is 0.497 e. The first kappa shape index (κ1) is 18.5. The molecule has 25 heavy (non-hydrogen) atoms. The van der Waals surface area contributed by atoms with Crippen LogP contribution in [0.25, 0.3) is 0 Å². The zero-order valence-electron chi connectivity index (χ0n) is 14.7. The third-order valence-corrected chi connectivity index (χ3v) is 3.97. The van der Waals surface area contributed by atoms with Crippen molar-refractivity contribution in [1.29, 1.82) is 0 Å². The molecule has 0 saturated carbocycles. The molecule has 0 radical (unpaired) electrons. The van der Waals surface area contributed by atoms with E-state index in [0.717, 1.165) is 12.0 Å². The highest BCUT2D eigenvalue weighted by atomic mass is 16.5. The van der Waals surface area contributed by atoms with E-state index in [1.54, 1.807) is 18.2 Å². The molecule has 0 saturated heterocycles. The Morgan fingerprint density at radius 3 is 2.52 bits per heavy atom. The van der Waals surface area contributed by atoms with Gasteiger partial charge in [0, 0.05) is 0 Å². The van der Waals surface area contributed by atoms with Crippen LogP contribution in [0.4, 0.5) is 0 Å². The maximum Gasteiger partial charge on any atom is 0.258 e. The summed E-state index contributed by atoms with van der Waals surface area (Å²) in [4.78, 5) is 23.2. The van der Waals surface area contributed by atoms with Gasteiger partial charge in [-0.05, 0) is 42.7 Å². The Labute approximate surface area is 148 Å². The molecular formula is C20H23NO4. The summed E-state index contributed by atoms with van der Waals surface area (Å²) in [5.74, 6) is 0.661. The van der Waals surface area contributed by atoms with E-state index in [1.165, 1.54) is 12.7 Å². The van der Waals surface area contributed by atoms with Crippen molar-refractivity contribution in [3.05, 3.63) is 59.2 Å². The van der Waals surface area contributed by atoms with Crippen LogP contribution in [0.15, 0.2) is 42.5 Å². The van der Waals surface area contributed by atoms with Crippen LogP contribution in [0.1, 0.15) is 41.4 Å². The summed E-state index contributed by atoms with van der Waals surface area (Å²) in [6.07, 6.45) is 1.66. The molecule has 0 aliphatic carbocycles. The van der Waals surface area contributed by atoms with Crippen molar-refractivity contribution >= 4 is 12.2 Å². The standard InChI is InChI=1S/C20H23NO4/c1-4-15-5-7-16(8-6-15)14(2)21-20(23)13-25-19-10-9-18(24-3)11-17(19)12-22/h5-12,14H,4,13H2,1-3H3,(H,21,23)/t14-/m1/s1. The predicted molar refractivity (Wildman–Crippen MR) is 96.3 cm³/mol. The van der Waals surface area contributed by atoms with Gasteiger partial charge in [0.25, 0.3) is 5.91 Å². The summed E-state index contributed by atoms with van der Waals surface area (Å²) in [5, 5.41) is 2.89. The quantitative estimate of drug-likeness (QED) is 0.748. The van der Waals surface area contributed by atoms with Crippen LogP contribution in [0, 0.1) is 0 Å². The first-order chi connectivity index (χ1) is 12.1. The number of carbonyl (C=O) groups excluding carboxylic acids is 2. The lowest BCUT2D eigenvalue weighted by Gasteiger charge is -2.15. The van der Waals surface area contributed by atoms with Gasteiger partial charge in [0.05, 0.1) is 18.7 Å². The third kappa shape index (κ3) is 5.08. The van der Waals surface area contributed by atoms with Crippen LogP contribution in [0.2, 0.25) is 0 Å². The van der Waals surface area contributed by atoms with Gasteiger partial charge < -0.3 is 14.8 Å². The van der Waals surface area contributed by atoms with Crippen LogP contribution in [0.5, 0.6) is 11.5 Å². The average molecular weight is 341 g/mol. The smallest absolute Gasteiger partial charge is 0.258 e. The van der Waals surface area contributed by atoms with Crippen molar-refractivity contribution < 1.29 is 19.1 Å². The minimum atomic E-state index is -0.250. The molecule has 1 atom stereocenters. The van der Waals surface area contributed by atoms with E-state index in [9.17, 15) is 9.59 Å². The SMILES string of the molecule is CCc1ccc([C@@H](C)NC(=O)COc2ccc(OC)cc2C=O)cc1. The highest BCUT2D eigenvalue weighted by Gasteiger charge is 2.12. The number of nitrogens with one attached hydrogen (secondary N) is 1. The van der Waals surface area contributed by atoms with Gasteiger partial charge in [-0.1, -0.05) is 31.2 Å². The van der Waals surface area contributed by atoms with Crippen LogP contribution >= 0.6 is 0 Å². The summed E-state index contributed by atoms with van der Waals surface area (Å²) in [6.45, 7) is 3.86. The summed E-state index contributed by atoms with van der Waals surface area (Å²) in [6, 6.07) is 12.9. The molecule has 0 aliphatic rings. The summed E-state index contributed by atoms with van der Waals surface area (Å²) in [5.41, 5.74) is 2.63. The second kappa shape index (κ2) is 8.87. The van der Waals surface area contributed by atoms with Crippen LogP contribution < -0.4 is 14.8 Å². The fourth-order valence-corrected chi connectivity index (χ4v) is 2.43. The van der Waals surface area contributed by atoms with Gasteiger partial charge >= 0.3 is 0 Å². The Morgan fingerprint density at radius 2 is 1.92 bits per heavy atom.